The van der Waals surface area contributed by atoms with Crippen LogP contribution >= 0.6 is 11.3 Å². The molecule has 4 aromatic rings. The molecule has 2 aromatic heterocycles. The van der Waals surface area contributed by atoms with Gasteiger partial charge in [0.1, 0.15) is 5.76 Å². The van der Waals surface area contributed by atoms with Crippen LogP contribution in [0.4, 0.5) is 5.69 Å². The van der Waals surface area contributed by atoms with Crippen LogP contribution in [0.3, 0.4) is 0 Å². The Bertz CT molecular complexity index is 1180. The highest BCUT2D eigenvalue weighted by Crippen LogP contribution is 2.26. The average molecular weight is 432 g/mol. The highest BCUT2D eigenvalue weighted by molar-refractivity contribution is 7.13. The second-order valence-electron chi connectivity index (χ2n) is 6.94. The molecule has 2 heterocycles. The van der Waals surface area contributed by atoms with Crippen molar-refractivity contribution in [3.05, 3.63) is 94.7 Å². The van der Waals surface area contributed by atoms with Crippen molar-refractivity contribution in [2.45, 2.75) is 19.9 Å². The maximum Gasteiger partial charge on any atom is 0.253 e. The molecule has 0 radical (unpaired) electrons. The van der Waals surface area contributed by atoms with Crippen molar-refractivity contribution in [3.8, 4) is 10.8 Å². The smallest absolute Gasteiger partial charge is 0.253 e. The Morgan fingerprint density at radius 2 is 1.77 bits per heavy atom. The van der Waals surface area contributed by atoms with E-state index in [1.54, 1.807) is 31.2 Å². The monoisotopic (exact) mass is 431 g/mol. The highest BCUT2D eigenvalue weighted by atomic mass is 32.1. The first-order chi connectivity index (χ1) is 15.1. The summed E-state index contributed by atoms with van der Waals surface area (Å²) >= 11 is 1.53. The van der Waals surface area contributed by atoms with Gasteiger partial charge in [0.25, 0.3) is 5.91 Å². The maximum absolute atomic E-state index is 12.7. The molecule has 0 unspecified atom stereocenters. The lowest BCUT2D eigenvalue weighted by atomic mass is 10.1. The van der Waals surface area contributed by atoms with Crippen LogP contribution in [0.15, 0.2) is 76.5 Å². The van der Waals surface area contributed by atoms with Crippen molar-refractivity contribution in [1.29, 1.82) is 0 Å². The number of thiophene rings is 1. The van der Waals surface area contributed by atoms with Crippen molar-refractivity contribution in [1.82, 2.24) is 10.3 Å². The number of hydrogen-bond acceptors (Lipinski definition) is 5. The van der Waals surface area contributed by atoms with E-state index in [2.05, 4.69) is 15.6 Å². The Labute approximate surface area is 184 Å². The molecule has 0 aliphatic carbocycles. The van der Waals surface area contributed by atoms with Crippen LogP contribution in [-0.4, -0.2) is 16.8 Å². The Balaban J connectivity index is 1.42. The zero-order chi connectivity index (χ0) is 21.6. The van der Waals surface area contributed by atoms with Crippen LogP contribution in [0.5, 0.6) is 0 Å². The van der Waals surface area contributed by atoms with Crippen LogP contribution in [-0.2, 0) is 17.8 Å². The van der Waals surface area contributed by atoms with E-state index in [1.807, 2.05) is 47.8 Å². The van der Waals surface area contributed by atoms with E-state index in [9.17, 15) is 9.59 Å². The van der Waals surface area contributed by atoms with E-state index in [1.165, 1.54) is 11.3 Å². The SMILES string of the molecule is Cc1oc(-c2cccs2)nc1CC(=O)Nc1ccccc1C(=O)NCc1ccccc1. The number of rotatable bonds is 7. The van der Waals surface area contributed by atoms with Crippen molar-refractivity contribution in [2.24, 2.45) is 0 Å². The van der Waals surface area contributed by atoms with Gasteiger partial charge in [-0.25, -0.2) is 4.98 Å². The largest absolute Gasteiger partial charge is 0.440 e. The van der Waals surface area contributed by atoms with E-state index < -0.39 is 0 Å². The summed E-state index contributed by atoms with van der Waals surface area (Å²) in [6.07, 6.45) is 0.0562. The van der Waals surface area contributed by atoms with Crippen LogP contribution in [0.2, 0.25) is 0 Å². The zero-order valence-corrected chi connectivity index (χ0v) is 17.7. The third-order valence-corrected chi connectivity index (χ3v) is 5.55. The van der Waals surface area contributed by atoms with Gasteiger partial charge in [-0.3, -0.25) is 9.59 Å². The van der Waals surface area contributed by atoms with E-state index in [-0.39, 0.29) is 18.2 Å². The first kappa shape index (κ1) is 20.6. The predicted octanol–water partition coefficient (Wildman–Crippen LogP) is 4.82. The highest BCUT2D eigenvalue weighted by Gasteiger charge is 2.17. The molecule has 2 amide bonds. The number of aryl methyl sites for hydroxylation is 1. The molecule has 0 saturated carbocycles. The molecule has 2 N–H and O–H groups in total. The molecule has 4 rings (SSSR count). The molecule has 0 aliphatic heterocycles. The molecule has 0 aliphatic rings. The minimum absolute atomic E-state index is 0.0562. The molecule has 156 valence electrons. The van der Waals surface area contributed by atoms with Gasteiger partial charge in [-0.2, -0.15) is 0 Å². The lowest BCUT2D eigenvalue weighted by molar-refractivity contribution is -0.115. The zero-order valence-electron chi connectivity index (χ0n) is 16.9. The number of carbonyl (C=O) groups is 2. The van der Waals surface area contributed by atoms with Crippen molar-refractivity contribution < 1.29 is 14.0 Å². The summed E-state index contributed by atoms with van der Waals surface area (Å²) in [5.74, 6) is 0.596. The number of nitrogens with one attached hydrogen (secondary N) is 2. The van der Waals surface area contributed by atoms with E-state index in [4.69, 9.17) is 4.42 Å². The number of para-hydroxylation sites is 1. The second-order valence-corrected chi connectivity index (χ2v) is 7.89. The van der Waals surface area contributed by atoms with Gasteiger partial charge in [-0.1, -0.05) is 48.5 Å². The minimum Gasteiger partial charge on any atom is -0.440 e. The predicted molar refractivity (Wildman–Crippen MR) is 121 cm³/mol. The van der Waals surface area contributed by atoms with Gasteiger partial charge < -0.3 is 15.1 Å². The van der Waals surface area contributed by atoms with Gasteiger partial charge in [0.15, 0.2) is 0 Å². The van der Waals surface area contributed by atoms with Crippen molar-refractivity contribution >= 4 is 28.8 Å². The Hall–Kier alpha value is -3.71. The number of aromatic nitrogens is 1. The number of hydrogen-bond donors (Lipinski definition) is 2. The molecule has 0 bridgehead atoms. The number of carbonyl (C=O) groups excluding carboxylic acids is 2. The standard InChI is InChI=1S/C24H21N3O3S/c1-16-20(27-24(30-16)21-12-7-13-31-21)14-22(28)26-19-11-6-5-10-18(19)23(29)25-15-17-8-3-2-4-9-17/h2-13H,14-15H2,1H3,(H,25,29)(H,26,28). The number of nitrogens with zero attached hydrogens (tertiary/aromatic N) is 1. The van der Waals surface area contributed by atoms with Gasteiger partial charge in [0.05, 0.1) is 28.2 Å². The summed E-state index contributed by atoms with van der Waals surface area (Å²) in [6.45, 7) is 2.20. The molecule has 2 aromatic carbocycles. The summed E-state index contributed by atoms with van der Waals surface area (Å²) in [5, 5.41) is 7.67. The molecule has 6 nitrogen and oxygen atoms in total. The molecular weight excluding hydrogens is 410 g/mol. The van der Waals surface area contributed by atoms with Gasteiger partial charge in [-0.15, -0.1) is 11.3 Å². The first-order valence-corrected chi connectivity index (χ1v) is 10.7. The summed E-state index contributed by atoms with van der Waals surface area (Å²) < 4.78 is 5.70. The topological polar surface area (TPSA) is 84.2 Å². The van der Waals surface area contributed by atoms with Crippen LogP contribution in [0.25, 0.3) is 10.8 Å². The quantitative estimate of drug-likeness (QED) is 0.439. The van der Waals surface area contributed by atoms with Gasteiger partial charge in [-0.05, 0) is 36.1 Å². The number of anilines is 1. The fraction of sp³-hybridized carbons (Fsp3) is 0.125. The van der Waals surface area contributed by atoms with Crippen molar-refractivity contribution in [3.63, 3.8) is 0 Å². The summed E-state index contributed by atoms with van der Waals surface area (Å²) in [5.41, 5.74) is 2.44. The fourth-order valence-corrected chi connectivity index (χ4v) is 3.76. The molecule has 7 heteroatoms. The molecule has 0 spiro atoms. The molecular formula is C24H21N3O3S. The van der Waals surface area contributed by atoms with Crippen molar-refractivity contribution in [2.75, 3.05) is 5.32 Å². The van der Waals surface area contributed by atoms with Gasteiger partial charge in [0, 0.05) is 6.54 Å². The third-order valence-electron chi connectivity index (χ3n) is 4.69. The normalized spacial score (nSPS) is 10.6. The van der Waals surface area contributed by atoms with Crippen LogP contribution in [0.1, 0.15) is 27.4 Å². The minimum atomic E-state index is -0.266. The lowest BCUT2D eigenvalue weighted by Crippen LogP contribution is -2.25. The number of benzene rings is 2. The Morgan fingerprint density at radius 3 is 2.55 bits per heavy atom. The summed E-state index contributed by atoms with van der Waals surface area (Å²) in [4.78, 5) is 30.7. The average Bonchev–Trinajstić information content (AvgIpc) is 3.43. The summed E-state index contributed by atoms with van der Waals surface area (Å²) in [6, 6.07) is 20.4. The number of amides is 2. The Morgan fingerprint density at radius 1 is 1.00 bits per heavy atom. The first-order valence-electron chi connectivity index (χ1n) is 9.81. The second kappa shape index (κ2) is 9.40. The maximum atomic E-state index is 12.7. The van der Waals surface area contributed by atoms with Gasteiger partial charge >= 0.3 is 0 Å². The molecule has 0 saturated heterocycles. The van der Waals surface area contributed by atoms with E-state index in [0.29, 0.717) is 35.1 Å². The fourth-order valence-electron chi connectivity index (χ4n) is 3.11. The van der Waals surface area contributed by atoms with Crippen LogP contribution < -0.4 is 10.6 Å². The Kier molecular flexibility index (Phi) is 6.24. The van der Waals surface area contributed by atoms with Gasteiger partial charge in [0.2, 0.25) is 11.8 Å². The third kappa shape index (κ3) is 5.07. The molecule has 31 heavy (non-hydrogen) atoms. The molecule has 0 atom stereocenters. The van der Waals surface area contributed by atoms with Crippen LogP contribution in [0, 0.1) is 6.92 Å². The molecule has 0 fully saturated rings. The lowest BCUT2D eigenvalue weighted by Gasteiger charge is -2.11. The van der Waals surface area contributed by atoms with E-state index in [0.717, 1.165) is 10.4 Å². The summed E-state index contributed by atoms with van der Waals surface area (Å²) in [7, 11) is 0. The number of oxazole rings is 1. The van der Waals surface area contributed by atoms with E-state index >= 15 is 0 Å².